The van der Waals surface area contributed by atoms with Gasteiger partial charge in [0.05, 0.1) is 24.0 Å². The van der Waals surface area contributed by atoms with E-state index in [1.54, 1.807) is 6.20 Å². The minimum atomic E-state index is -4.51. The molecular weight excluding hydrogens is 361 g/mol. The van der Waals surface area contributed by atoms with Crippen LogP contribution in [-0.2, 0) is 12.7 Å². The molecule has 1 aromatic carbocycles. The highest BCUT2D eigenvalue weighted by Crippen LogP contribution is 2.30. The van der Waals surface area contributed by atoms with E-state index in [0.29, 0.717) is 11.1 Å². The number of fused-ring (bicyclic) bond motifs is 1. The number of rotatable bonds is 4. The van der Waals surface area contributed by atoms with E-state index >= 15 is 0 Å². The largest absolute Gasteiger partial charge is 0.416 e. The Balaban J connectivity index is 1.81. The van der Waals surface area contributed by atoms with Gasteiger partial charge in [-0.2, -0.15) is 13.2 Å². The van der Waals surface area contributed by atoms with Crippen LogP contribution in [0, 0.1) is 0 Å². The molecule has 0 aliphatic heterocycles. The van der Waals surface area contributed by atoms with Gasteiger partial charge in [0.15, 0.2) is 0 Å². The minimum Gasteiger partial charge on any atom is -0.346 e. The Kier molecular flexibility index (Phi) is 4.77. The molecule has 1 amide bonds. The average Bonchev–Trinajstić information content (AvgIpc) is 3.07. The van der Waals surface area contributed by atoms with Crippen LogP contribution in [0.1, 0.15) is 47.2 Å². The zero-order valence-corrected chi connectivity index (χ0v) is 14.6. The molecule has 6 nitrogen and oxygen atoms in total. The summed E-state index contributed by atoms with van der Waals surface area (Å²) in [5.74, 6) is 0.362. The second-order valence-electron chi connectivity index (χ2n) is 6.44. The SMILES string of the molecule is CC(C)c1ncc(CNC(=O)c2cc3ccc(C(F)(F)F)cc3[nH]c2=O)[nH]1. The fraction of sp³-hybridized carbons (Fsp3) is 0.278. The molecule has 0 unspecified atom stereocenters. The van der Waals surface area contributed by atoms with E-state index in [9.17, 15) is 22.8 Å². The summed E-state index contributed by atoms with van der Waals surface area (Å²) in [6.45, 7) is 4.09. The third-order valence-corrected chi connectivity index (χ3v) is 4.05. The monoisotopic (exact) mass is 378 g/mol. The Hall–Kier alpha value is -3.10. The van der Waals surface area contributed by atoms with Crippen LogP contribution in [0.25, 0.3) is 10.9 Å². The minimum absolute atomic E-state index is 0.0153. The molecule has 9 heteroatoms. The van der Waals surface area contributed by atoms with Crippen molar-refractivity contribution in [3.8, 4) is 0 Å². The third-order valence-electron chi connectivity index (χ3n) is 4.05. The van der Waals surface area contributed by atoms with Crippen molar-refractivity contribution in [3.05, 3.63) is 63.5 Å². The number of alkyl halides is 3. The van der Waals surface area contributed by atoms with Crippen LogP contribution in [0.4, 0.5) is 13.2 Å². The van der Waals surface area contributed by atoms with Gasteiger partial charge in [-0.25, -0.2) is 4.98 Å². The van der Waals surface area contributed by atoms with Crippen LogP contribution in [-0.4, -0.2) is 20.9 Å². The Morgan fingerprint density at radius 3 is 2.59 bits per heavy atom. The van der Waals surface area contributed by atoms with Crippen molar-refractivity contribution < 1.29 is 18.0 Å². The first kappa shape index (κ1) is 18.7. The number of hydrogen-bond acceptors (Lipinski definition) is 3. The average molecular weight is 378 g/mol. The number of imidazole rings is 1. The number of benzene rings is 1. The molecule has 0 spiro atoms. The Bertz CT molecular complexity index is 1050. The zero-order valence-electron chi connectivity index (χ0n) is 14.6. The van der Waals surface area contributed by atoms with Crippen LogP contribution in [0.3, 0.4) is 0 Å². The molecule has 0 atom stereocenters. The van der Waals surface area contributed by atoms with Crippen LogP contribution < -0.4 is 10.9 Å². The van der Waals surface area contributed by atoms with Gasteiger partial charge >= 0.3 is 6.18 Å². The number of halogens is 3. The maximum absolute atomic E-state index is 12.8. The Labute approximate surface area is 151 Å². The predicted molar refractivity (Wildman–Crippen MR) is 93.4 cm³/mol. The number of aromatic amines is 2. The van der Waals surface area contributed by atoms with Crippen molar-refractivity contribution in [1.29, 1.82) is 0 Å². The highest BCUT2D eigenvalue weighted by Gasteiger charge is 2.30. The number of amides is 1. The molecule has 142 valence electrons. The normalized spacial score (nSPS) is 11.9. The Morgan fingerprint density at radius 1 is 1.22 bits per heavy atom. The lowest BCUT2D eigenvalue weighted by molar-refractivity contribution is -0.137. The predicted octanol–water partition coefficient (Wildman–Crippen LogP) is 3.32. The quantitative estimate of drug-likeness (QED) is 0.650. The van der Waals surface area contributed by atoms with Gasteiger partial charge in [-0.05, 0) is 23.6 Å². The smallest absolute Gasteiger partial charge is 0.346 e. The number of carbonyl (C=O) groups is 1. The summed E-state index contributed by atoms with van der Waals surface area (Å²) < 4.78 is 38.3. The lowest BCUT2D eigenvalue weighted by Gasteiger charge is -2.09. The molecule has 2 heterocycles. The van der Waals surface area contributed by atoms with Crippen LogP contribution >= 0.6 is 0 Å². The summed E-state index contributed by atoms with van der Waals surface area (Å²) in [7, 11) is 0. The first-order chi connectivity index (χ1) is 12.6. The van der Waals surface area contributed by atoms with Crippen molar-refractivity contribution in [2.45, 2.75) is 32.5 Å². The maximum Gasteiger partial charge on any atom is 0.416 e. The van der Waals surface area contributed by atoms with Crippen molar-refractivity contribution >= 4 is 16.8 Å². The number of nitrogens with one attached hydrogen (secondary N) is 3. The van der Waals surface area contributed by atoms with Gasteiger partial charge < -0.3 is 15.3 Å². The summed E-state index contributed by atoms with van der Waals surface area (Å²) in [6.07, 6.45) is -2.92. The Morgan fingerprint density at radius 2 is 1.96 bits per heavy atom. The molecule has 3 aromatic rings. The topological polar surface area (TPSA) is 90.6 Å². The highest BCUT2D eigenvalue weighted by atomic mass is 19.4. The van der Waals surface area contributed by atoms with Crippen molar-refractivity contribution in [3.63, 3.8) is 0 Å². The van der Waals surface area contributed by atoms with Gasteiger partial charge in [-0.1, -0.05) is 19.9 Å². The molecule has 0 aliphatic carbocycles. The fourth-order valence-electron chi connectivity index (χ4n) is 2.58. The molecule has 0 saturated carbocycles. The van der Waals surface area contributed by atoms with Crippen molar-refractivity contribution in [2.24, 2.45) is 0 Å². The molecule has 0 radical (unpaired) electrons. The molecule has 27 heavy (non-hydrogen) atoms. The van der Waals surface area contributed by atoms with Gasteiger partial charge in [-0.15, -0.1) is 0 Å². The summed E-state index contributed by atoms with van der Waals surface area (Å²) in [6, 6.07) is 4.24. The molecule has 0 fully saturated rings. The molecule has 0 saturated heterocycles. The first-order valence-corrected chi connectivity index (χ1v) is 8.21. The number of H-pyrrole nitrogens is 2. The van der Waals surface area contributed by atoms with Crippen LogP contribution in [0.2, 0.25) is 0 Å². The summed E-state index contributed by atoms with van der Waals surface area (Å²) in [4.78, 5) is 34.0. The summed E-state index contributed by atoms with van der Waals surface area (Å²) >= 11 is 0. The second kappa shape index (κ2) is 6.90. The summed E-state index contributed by atoms with van der Waals surface area (Å²) in [5.41, 5.74) is -1.11. The molecule has 3 N–H and O–H groups in total. The van der Waals surface area contributed by atoms with Crippen molar-refractivity contribution in [1.82, 2.24) is 20.3 Å². The number of pyridine rings is 1. The highest BCUT2D eigenvalue weighted by molar-refractivity contribution is 5.97. The fourth-order valence-corrected chi connectivity index (χ4v) is 2.58. The lowest BCUT2D eigenvalue weighted by atomic mass is 10.1. The third kappa shape index (κ3) is 4.02. The van der Waals surface area contributed by atoms with Gasteiger partial charge in [0, 0.05) is 11.4 Å². The van der Waals surface area contributed by atoms with E-state index in [-0.39, 0.29) is 23.5 Å². The zero-order chi connectivity index (χ0) is 19.8. The molecular formula is C18H17F3N4O2. The van der Waals surface area contributed by atoms with E-state index < -0.39 is 23.2 Å². The van der Waals surface area contributed by atoms with E-state index in [4.69, 9.17) is 0 Å². The second-order valence-corrected chi connectivity index (χ2v) is 6.44. The maximum atomic E-state index is 12.8. The molecule has 0 bridgehead atoms. The number of carbonyl (C=O) groups excluding carboxylic acids is 1. The van der Waals surface area contributed by atoms with Gasteiger partial charge in [-0.3, -0.25) is 9.59 Å². The molecule has 3 rings (SSSR count). The number of hydrogen-bond donors (Lipinski definition) is 3. The lowest BCUT2D eigenvalue weighted by Crippen LogP contribution is -2.29. The number of aromatic nitrogens is 3. The molecule has 0 aliphatic rings. The van der Waals surface area contributed by atoms with Gasteiger partial charge in [0.1, 0.15) is 11.4 Å². The standard InChI is InChI=1S/C18H17F3N4O2/c1-9(2)15-22-7-12(24-15)8-23-16(26)13-5-10-3-4-11(18(19,20)21)6-14(10)25-17(13)27/h3-7,9H,8H2,1-2H3,(H,22,24)(H,23,26)(H,25,27). The van der Waals surface area contributed by atoms with Gasteiger partial charge in [0.2, 0.25) is 0 Å². The van der Waals surface area contributed by atoms with Crippen LogP contribution in [0.5, 0.6) is 0 Å². The number of nitrogens with zero attached hydrogens (tertiary/aromatic N) is 1. The van der Waals surface area contributed by atoms with Gasteiger partial charge in [0.25, 0.3) is 11.5 Å². The van der Waals surface area contributed by atoms with E-state index in [2.05, 4.69) is 20.3 Å². The van der Waals surface area contributed by atoms with Crippen molar-refractivity contribution in [2.75, 3.05) is 0 Å². The summed E-state index contributed by atoms with van der Waals surface area (Å²) in [5, 5.41) is 2.93. The van der Waals surface area contributed by atoms with E-state index in [1.807, 2.05) is 13.8 Å². The van der Waals surface area contributed by atoms with E-state index in [1.165, 1.54) is 12.1 Å². The first-order valence-electron chi connectivity index (χ1n) is 8.21. The van der Waals surface area contributed by atoms with E-state index in [0.717, 1.165) is 18.0 Å². The molecule has 2 aromatic heterocycles. The van der Waals surface area contributed by atoms with Crippen LogP contribution in [0.15, 0.2) is 35.3 Å².